The zero-order valence-corrected chi connectivity index (χ0v) is 13.3. The van der Waals surface area contributed by atoms with Gasteiger partial charge in [0.15, 0.2) is 5.78 Å². The molecule has 2 aromatic rings. The highest BCUT2D eigenvalue weighted by Crippen LogP contribution is 2.17. The van der Waals surface area contributed by atoms with E-state index in [1.54, 1.807) is 25.1 Å². The summed E-state index contributed by atoms with van der Waals surface area (Å²) in [7, 11) is -3.82. The van der Waals surface area contributed by atoms with Crippen LogP contribution in [0.1, 0.15) is 17.3 Å². The number of carbonyl (C=O) groups excluding carboxylic acids is 1. The topological polar surface area (TPSA) is 72.5 Å². The number of halogens is 1. The molecule has 0 aliphatic carbocycles. The van der Waals surface area contributed by atoms with Crippen molar-refractivity contribution in [1.82, 2.24) is 4.72 Å². The standard InChI is InChI=1S/C16H16FNO4S/c1-2-22-12-8-9-15(17)14(10-12)16(19)11-18-23(20,21)13-6-4-3-5-7-13/h3-10,18H,2,11H2,1H3. The molecule has 0 atom stereocenters. The Morgan fingerprint density at radius 2 is 1.87 bits per heavy atom. The number of Topliss-reactive ketones (excluding diaryl/α,β-unsaturated/α-hetero) is 1. The molecule has 0 saturated heterocycles. The maximum atomic E-state index is 13.7. The van der Waals surface area contributed by atoms with Gasteiger partial charge in [-0.3, -0.25) is 4.79 Å². The quantitative estimate of drug-likeness (QED) is 0.788. The molecule has 0 aliphatic rings. The molecule has 0 heterocycles. The van der Waals surface area contributed by atoms with Crippen LogP contribution < -0.4 is 9.46 Å². The van der Waals surface area contributed by atoms with E-state index in [-0.39, 0.29) is 10.5 Å². The second-order valence-corrected chi connectivity index (χ2v) is 6.40. The third kappa shape index (κ3) is 4.37. The summed E-state index contributed by atoms with van der Waals surface area (Å²) in [6.07, 6.45) is 0. The summed E-state index contributed by atoms with van der Waals surface area (Å²) >= 11 is 0. The lowest BCUT2D eigenvalue weighted by atomic mass is 10.1. The SMILES string of the molecule is CCOc1ccc(F)c(C(=O)CNS(=O)(=O)c2ccccc2)c1. The maximum Gasteiger partial charge on any atom is 0.240 e. The smallest absolute Gasteiger partial charge is 0.240 e. The van der Waals surface area contributed by atoms with Gasteiger partial charge in [-0.15, -0.1) is 0 Å². The average Bonchev–Trinajstić information content (AvgIpc) is 2.55. The lowest BCUT2D eigenvalue weighted by Crippen LogP contribution is -2.30. The molecule has 0 bridgehead atoms. The van der Waals surface area contributed by atoms with Gasteiger partial charge in [-0.1, -0.05) is 18.2 Å². The molecule has 0 amide bonds. The van der Waals surface area contributed by atoms with Crippen molar-refractivity contribution in [1.29, 1.82) is 0 Å². The minimum Gasteiger partial charge on any atom is -0.494 e. The summed E-state index contributed by atoms with van der Waals surface area (Å²) in [5.74, 6) is -1.05. The van der Waals surface area contributed by atoms with Crippen LogP contribution in [-0.4, -0.2) is 27.4 Å². The molecule has 23 heavy (non-hydrogen) atoms. The van der Waals surface area contributed by atoms with Gasteiger partial charge in [0.1, 0.15) is 11.6 Å². The number of nitrogens with one attached hydrogen (secondary N) is 1. The first-order valence-electron chi connectivity index (χ1n) is 6.94. The van der Waals surface area contributed by atoms with E-state index < -0.39 is 28.2 Å². The molecule has 5 nitrogen and oxygen atoms in total. The van der Waals surface area contributed by atoms with Crippen LogP contribution in [0.3, 0.4) is 0 Å². The molecule has 0 aliphatic heterocycles. The van der Waals surface area contributed by atoms with Crippen molar-refractivity contribution in [3.8, 4) is 5.75 Å². The average molecular weight is 337 g/mol. The van der Waals surface area contributed by atoms with Crippen LogP contribution in [0.5, 0.6) is 5.75 Å². The number of ketones is 1. The Morgan fingerprint density at radius 3 is 2.52 bits per heavy atom. The predicted molar refractivity (Wildman–Crippen MR) is 83.5 cm³/mol. The molecule has 0 saturated carbocycles. The molecule has 0 fully saturated rings. The fourth-order valence-corrected chi connectivity index (χ4v) is 2.92. The normalized spacial score (nSPS) is 11.2. The number of carbonyl (C=O) groups is 1. The lowest BCUT2D eigenvalue weighted by molar-refractivity contribution is 0.0992. The molecule has 0 aromatic heterocycles. The van der Waals surface area contributed by atoms with E-state index in [2.05, 4.69) is 4.72 Å². The van der Waals surface area contributed by atoms with E-state index >= 15 is 0 Å². The number of hydrogen-bond donors (Lipinski definition) is 1. The summed E-state index contributed by atoms with van der Waals surface area (Å²) < 4.78 is 45.2. The van der Waals surface area contributed by atoms with Crippen LogP contribution in [0.15, 0.2) is 53.4 Å². The highest BCUT2D eigenvalue weighted by molar-refractivity contribution is 7.89. The Labute approximate surface area is 134 Å². The summed E-state index contributed by atoms with van der Waals surface area (Å²) in [6.45, 7) is 1.60. The van der Waals surface area contributed by atoms with Gasteiger partial charge in [-0.05, 0) is 37.3 Å². The number of hydrogen-bond acceptors (Lipinski definition) is 4. The molecule has 0 unspecified atom stereocenters. The summed E-state index contributed by atoms with van der Waals surface area (Å²) in [6, 6.07) is 11.4. The number of benzene rings is 2. The Kier molecular flexibility index (Phi) is 5.46. The number of ether oxygens (including phenoxy) is 1. The molecule has 0 spiro atoms. The molecular formula is C16H16FNO4S. The Balaban J connectivity index is 2.12. The van der Waals surface area contributed by atoms with Crippen LogP contribution in [-0.2, 0) is 10.0 Å². The summed E-state index contributed by atoms with van der Waals surface area (Å²) in [5.41, 5.74) is -0.216. The van der Waals surface area contributed by atoms with E-state index in [1.165, 1.54) is 24.3 Å². The third-order valence-corrected chi connectivity index (χ3v) is 4.44. The van der Waals surface area contributed by atoms with E-state index in [4.69, 9.17) is 4.74 Å². The molecule has 0 radical (unpaired) electrons. The number of sulfonamides is 1. The van der Waals surface area contributed by atoms with Crippen LogP contribution in [0.25, 0.3) is 0 Å². The Bertz CT molecular complexity index is 791. The van der Waals surface area contributed by atoms with Gasteiger partial charge in [0.2, 0.25) is 10.0 Å². The second kappa shape index (κ2) is 7.34. The van der Waals surface area contributed by atoms with Crippen molar-refractivity contribution in [2.75, 3.05) is 13.2 Å². The van der Waals surface area contributed by atoms with Gasteiger partial charge in [-0.25, -0.2) is 17.5 Å². The first-order chi connectivity index (χ1) is 10.9. The minimum absolute atomic E-state index is 0.0383. The second-order valence-electron chi connectivity index (χ2n) is 4.64. The molecule has 122 valence electrons. The molecule has 1 N–H and O–H groups in total. The van der Waals surface area contributed by atoms with Crippen molar-refractivity contribution in [2.24, 2.45) is 0 Å². The van der Waals surface area contributed by atoms with E-state index in [1.807, 2.05) is 0 Å². The van der Waals surface area contributed by atoms with Gasteiger partial charge < -0.3 is 4.74 Å². The minimum atomic E-state index is -3.82. The van der Waals surface area contributed by atoms with E-state index in [9.17, 15) is 17.6 Å². The Morgan fingerprint density at radius 1 is 1.17 bits per heavy atom. The molecule has 7 heteroatoms. The molecule has 2 rings (SSSR count). The first-order valence-corrected chi connectivity index (χ1v) is 8.42. The summed E-state index contributed by atoms with van der Waals surface area (Å²) in [5, 5.41) is 0. The monoisotopic (exact) mass is 337 g/mol. The summed E-state index contributed by atoms with van der Waals surface area (Å²) in [4.78, 5) is 12.1. The number of rotatable bonds is 7. The van der Waals surface area contributed by atoms with Gasteiger partial charge in [0, 0.05) is 0 Å². The largest absolute Gasteiger partial charge is 0.494 e. The fraction of sp³-hybridized carbons (Fsp3) is 0.188. The van der Waals surface area contributed by atoms with Crippen LogP contribution in [0.4, 0.5) is 4.39 Å². The third-order valence-electron chi connectivity index (χ3n) is 3.03. The molecule has 2 aromatic carbocycles. The zero-order chi connectivity index (χ0) is 16.9. The zero-order valence-electron chi connectivity index (χ0n) is 12.5. The van der Waals surface area contributed by atoms with Gasteiger partial charge >= 0.3 is 0 Å². The van der Waals surface area contributed by atoms with Gasteiger partial charge in [0.05, 0.1) is 23.6 Å². The predicted octanol–water partition coefficient (Wildman–Crippen LogP) is 2.39. The van der Waals surface area contributed by atoms with Crippen molar-refractivity contribution >= 4 is 15.8 Å². The maximum absolute atomic E-state index is 13.7. The highest BCUT2D eigenvalue weighted by atomic mass is 32.2. The van der Waals surface area contributed by atoms with Crippen LogP contribution in [0.2, 0.25) is 0 Å². The Hall–Kier alpha value is -2.25. The highest BCUT2D eigenvalue weighted by Gasteiger charge is 2.18. The van der Waals surface area contributed by atoms with Gasteiger partial charge in [0.25, 0.3) is 0 Å². The van der Waals surface area contributed by atoms with Crippen LogP contribution in [0, 0.1) is 5.82 Å². The molecular weight excluding hydrogens is 321 g/mol. The lowest BCUT2D eigenvalue weighted by Gasteiger charge is -2.08. The van der Waals surface area contributed by atoms with Gasteiger partial charge in [-0.2, -0.15) is 0 Å². The fourth-order valence-electron chi connectivity index (χ4n) is 1.91. The van der Waals surface area contributed by atoms with E-state index in [0.717, 1.165) is 6.07 Å². The van der Waals surface area contributed by atoms with Crippen molar-refractivity contribution in [3.63, 3.8) is 0 Å². The first kappa shape index (κ1) is 17.1. The van der Waals surface area contributed by atoms with Crippen LogP contribution >= 0.6 is 0 Å². The van der Waals surface area contributed by atoms with Crippen molar-refractivity contribution in [2.45, 2.75) is 11.8 Å². The van der Waals surface area contributed by atoms with E-state index in [0.29, 0.717) is 12.4 Å². The van der Waals surface area contributed by atoms with Crippen molar-refractivity contribution in [3.05, 3.63) is 59.9 Å². The van der Waals surface area contributed by atoms with Crippen molar-refractivity contribution < 1.29 is 22.3 Å².